The van der Waals surface area contributed by atoms with Crippen molar-refractivity contribution in [2.24, 2.45) is 5.92 Å². The number of rotatable bonds is 2. The molecule has 1 aliphatic heterocycles. The van der Waals surface area contributed by atoms with Gasteiger partial charge in [-0.15, -0.1) is 0 Å². The number of hydrogen-bond acceptors (Lipinski definition) is 3. The van der Waals surface area contributed by atoms with Crippen molar-refractivity contribution >= 4 is 11.8 Å². The molecule has 1 aromatic rings. The maximum atomic E-state index is 13.1. The Morgan fingerprint density at radius 3 is 2.64 bits per heavy atom. The molecule has 6 nitrogen and oxygen atoms in total. The lowest BCUT2D eigenvalue weighted by Crippen LogP contribution is -2.47. The Morgan fingerprint density at radius 2 is 1.92 bits per heavy atom. The zero-order valence-corrected chi connectivity index (χ0v) is 15.5. The van der Waals surface area contributed by atoms with Gasteiger partial charge in [0, 0.05) is 38.9 Å². The molecule has 1 aliphatic carbocycles. The molecule has 2 amide bonds. The molecule has 25 heavy (non-hydrogen) atoms. The van der Waals surface area contributed by atoms with Crippen molar-refractivity contribution in [3.63, 3.8) is 0 Å². The summed E-state index contributed by atoms with van der Waals surface area (Å²) < 4.78 is 1.78. The fourth-order valence-corrected chi connectivity index (χ4v) is 4.20. The second-order valence-corrected chi connectivity index (χ2v) is 7.33. The summed E-state index contributed by atoms with van der Waals surface area (Å²) in [4.78, 5) is 29.8. The zero-order chi connectivity index (χ0) is 17.8. The van der Waals surface area contributed by atoms with Crippen LogP contribution in [0, 0.1) is 5.92 Å². The van der Waals surface area contributed by atoms with Gasteiger partial charge in [0.25, 0.3) is 5.91 Å². The van der Waals surface area contributed by atoms with Gasteiger partial charge in [0.1, 0.15) is 5.69 Å². The number of amides is 2. The van der Waals surface area contributed by atoms with E-state index in [-0.39, 0.29) is 23.8 Å². The smallest absolute Gasteiger partial charge is 0.274 e. The van der Waals surface area contributed by atoms with Crippen LogP contribution in [0.1, 0.15) is 62.4 Å². The Labute approximate surface area is 150 Å². The first-order valence-electron chi connectivity index (χ1n) is 9.71. The molecule has 0 spiro atoms. The highest BCUT2D eigenvalue weighted by atomic mass is 16.2. The summed E-state index contributed by atoms with van der Waals surface area (Å²) in [5.41, 5.74) is 0.503. The molecule has 2 heterocycles. The topological polar surface area (TPSA) is 58.4 Å². The van der Waals surface area contributed by atoms with Crippen LogP contribution >= 0.6 is 0 Å². The largest absolute Gasteiger partial charge is 0.345 e. The quantitative estimate of drug-likeness (QED) is 0.827. The molecule has 138 valence electrons. The third-order valence-electron chi connectivity index (χ3n) is 5.66. The van der Waals surface area contributed by atoms with Gasteiger partial charge in [0.05, 0.1) is 5.92 Å². The molecule has 2 atom stereocenters. The molecule has 6 heteroatoms. The van der Waals surface area contributed by atoms with Crippen molar-refractivity contribution in [3.8, 4) is 0 Å². The molecule has 1 aromatic heterocycles. The number of aryl methyl sites for hydroxylation is 1. The van der Waals surface area contributed by atoms with Gasteiger partial charge in [-0.05, 0) is 38.7 Å². The summed E-state index contributed by atoms with van der Waals surface area (Å²) in [5.74, 6) is 0.139. The molecular formula is C19H30N4O2. The van der Waals surface area contributed by atoms with E-state index in [1.54, 1.807) is 10.7 Å². The molecular weight excluding hydrogens is 316 g/mol. The van der Waals surface area contributed by atoms with Crippen molar-refractivity contribution < 1.29 is 9.59 Å². The van der Waals surface area contributed by atoms with Crippen molar-refractivity contribution in [2.45, 2.75) is 64.5 Å². The molecule has 2 fully saturated rings. The minimum Gasteiger partial charge on any atom is -0.345 e. The van der Waals surface area contributed by atoms with Crippen LogP contribution in [-0.4, -0.2) is 57.6 Å². The summed E-state index contributed by atoms with van der Waals surface area (Å²) in [6.07, 6.45) is 8.94. The van der Waals surface area contributed by atoms with E-state index in [2.05, 4.69) is 5.10 Å². The maximum absolute atomic E-state index is 13.1. The lowest BCUT2D eigenvalue weighted by molar-refractivity contribution is -0.135. The summed E-state index contributed by atoms with van der Waals surface area (Å²) in [5, 5.41) is 4.40. The van der Waals surface area contributed by atoms with E-state index in [0.29, 0.717) is 5.69 Å². The highest BCUT2D eigenvalue weighted by molar-refractivity contribution is 5.93. The predicted molar refractivity (Wildman–Crippen MR) is 96.2 cm³/mol. The van der Waals surface area contributed by atoms with Gasteiger partial charge in [-0.3, -0.25) is 14.3 Å². The summed E-state index contributed by atoms with van der Waals surface area (Å²) in [6.45, 7) is 4.32. The van der Waals surface area contributed by atoms with Gasteiger partial charge in [0.2, 0.25) is 5.91 Å². The van der Waals surface area contributed by atoms with Crippen molar-refractivity contribution in [2.75, 3.05) is 20.1 Å². The Hall–Kier alpha value is -1.85. The Bertz CT molecular complexity index is 612. The van der Waals surface area contributed by atoms with Crippen LogP contribution in [-0.2, 0) is 11.3 Å². The van der Waals surface area contributed by atoms with Crippen LogP contribution < -0.4 is 0 Å². The third kappa shape index (κ3) is 3.88. The summed E-state index contributed by atoms with van der Waals surface area (Å²) in [7, 11) is 1.91. The van der Waals surface area contributed by atoms with Gasteiger partial charge in [-0.1, -0.05) is 19.3 Å². The van der Waals surface area contributed by atoms with E-state index < -0.39 is 0 Å². The van der Waals surface area contributed by atoms with E-state index >= 15 is 0 Å². The first-order valence-corrected chi connectivity index (χ1v) is 9.71. The highest BCUT2D eigenvalue weighted by Gasteiger charge is 2.40. The maximum Gasteiger partial charge on any atom is 0.274 e. The van der Waals surface area contributed by atoms with Crippen LogP contribution in [0.4, 0.5) is 0 Å². The molecule has 2 aliphatic rings. The SMILES string of the molecule is CCn1ccc(C(=O)N2CCCCCCN(C)C(=O)[C@@H]3CCC[C@@H]32)n1. The van der Waals surface area contributed by atoms with Crippen LogP contribution in [0.2, 0.25) is 0 Å². The van der Waals surface area contributed by atoms with Crippen molar-refractivity contribution in [3.05, 3.63) is 18.0 Å². The zero-order valence-electron chi connectivity index (χ0n) is 15.5. The lowest BCUT2D eigenvalue weighted by atomic mass is 9.99. The van der Waals surface area contributed by atoms with Gasteiger partial charge < -0.3 is 9.80 Å². The number of fused-ring (bicyclic) bond motifs is 1. The Balaban J connectivity index is 1.85. The molecule has 3 rings (SSSR count). The number of carbonyl (C=O) groups is 2. The van der Waals surface area contributed by atoms with Gasteiger partial charge in [0.15, 0.2) is 0 Å². The van der Waals surface area contributed by atoms with Crippen LogP contribution in [0.5, 0.6) is 0 Å². The molecule has 1 saturated heterocycles. The van der Waals surface area contributed by atoms with E-state index in [1.165, 1.54) is 0 Å². The molecule has 0 N–H and O–H groups in total. The third-order valence-corrected chi connectivity index (χ3v) is 5.66. The minimum absolute atomic E-state index is 0.0150. The average Bonchev–Trinajstić information content (AvgIpc) is 3.28. The van der Waals surface area contributed by atoms with Crippen molar-refractivity contribution in [1.82, 2.24) is 19.6 Å². The van der Waals surface area contributed by atoms with Crippen LogP contribution in [0.3, 0.4) is 0 Å². The number of hydrogen-bond donors (Lipinski definition) is 0. The second-order valence-electron chi connectivity index (χ2n) is 7.33. The van der Waals surface area contributed by atoms with E-state index in [4.69, 9.17) is 0 Å². The first-order chi connectivity index (χ1) is 12.1. The molecule has 0 aromatic carbocycles. The van der Waals surface area contributed by atoms with E-state index in [0.717, 1.165) is 64.6 Å². The number of nitrogens with zero attached hydrogens (tertiary/aromatic N) is 4. The molecule has 0 bridgehead atoms. The van der Waals surface area contributed by atoms with Crippen LogP contribution in [0.15, 0.2) is 12.3 Å². The normalized spacial score (nSPS) is 25.6. The van der Waals surface area contributed by atoms with Crippen molar-refractivity contribution in [1.29, 1.82) is 0 Å². The summed E-state index contributed by atoms with van der Waals surface area (Å²) >= 11 is 0. The summed E-state index contributed by atoms with van der Waals surface area (Å²) in [6, 6.07) is 1.82. The number of carbonyl (C=O) groups excluding carboxylic acids is 2. The standard InChI is InChI=1S/C19H30N4O2/c1-3-22-14-11-16(20-22)19(25)23-13-7-5-4-6-12-21(2)18(24)15-9-8-10-17(15)23/h11,14-15,17H,3-10,12-13H2,1-2H3/t15-,17+/m1/s1. The second kappa shape index (κ2) is 8.02. The Kier molecular flexibility index (Phi) is 5.76. The van der Waals surface area contributed by atoms with Gasteiger partial charge >= 0.3 is 0 Å². The fraction of sp³-hybridized carbons (Fsp3) is 0.737. The molecule has 0 radical (unpaired) electrons. The average molecular weight is 346 g/mol. The highest BCUT2D eigenvalue weighted by Crippen LogP contribution is 2.33. The fourth-order valence-electron chi connectivity index (χ4n) is 4.20. The van der Waals surface area contributed by atoms with Gasteiger partial charge in [-0.2, -0.15) is 5.10 Å². The monoisotopic (exact) mass is 346 g/mol. The minimum atomic E-state index is -0.0553. The Morgan fingerprint density at radius 1 is 1.16 bits per heavy atom. The first kappa shape index (κ1) is 18.0. The lowest BCUT2D eigenvalue weighted by Gasteiger charge is -2.33. The van der Waals surface area contributed by atoms with Gasteiger partial charge in [-0.25, -0.2) is 0 Å². The predicted octanol–water partition coefficient (Wildman–Crippen LogP) is 2.55. The molecule has 1 saturated carbocycles. The van der Waals surface area contributed by atoms with Crippen LogP contribution in [0.25, 0.3) is 0 Å². The molecule has 0 unspecified atom stereocenters. The van der Waals surface area contributed by atoms with E-state index in [1.807, 2.05) is 30.0 Å². The number of aromatic nitrogens is 2. The van der Waals surface area contributed by atoms with E-state index in [9.17, 15) is 9.59 Å².